The van der Waals surface area contributed by atoms with E-state index in [0.29, 0.717) is 5.56 Å². The summed E-state index contributed by atoms with van der Waals surface area (Å²) in [5.41, 5.74) is 1.82. The first-order valence-corrected chi connectivity index (χ1v) is 6.96. The lowest BCUT2D eigenvalue weighted by Gasteiger charge is -2.04. The number of nitrogens with zero attached hydrogens (tertiary/aromatic N) is 2. The van der Waals surface area contributed by atoms with Crippen LogP contribution in [-0.2, 0) is 11.2 Å². The second kappa shape index (κ2) is 6.39. The number of amides is 1. The molecule has 0 atom stereocenters. The summed E-state index contributed by atoms with van der Waals surface area (Å²) in [6.07, 6.45) is 3.43. The molecule has 0 unspecified atom stereocenters. The SMILES string of the molecule is O=C(Cc1cnn(-c2ccccc2)c1)Nc1ccc(F)c(F)c1. The smallest absolute Gasteiger partial charge is 0.228 e. The predicted octanol–water partition coefficient (Wildman–Crippen LogP) is 3.33. The molecule has 3 rings (SSSR count). The van der Waals surface area contributed by atoms with Gasteiger partial charge < -0.3 is 5.32 Å². The Morgan fingerprint density at radius 1 is 1.09 bits per heavy atom. The summed E-state index contributed by atoms with van der Waals surface area (Å²) < 4.78 is 27.6. The van der Waals surface area contributed by atoms with Crippen LogP contribution in [0.3, 0.4) is 0 Å². The van der Waals surface area contributed by atoms with Crippen LogP contribution < -0.4 is 5.32 Å². The summed E-state index contributed by atoms with van der Waals surface area (Å²) >= 11 is 0. The van der Waals surface area contributed by atoms with E-state index in [1.165, 1.54) is 6.07 Å². The molecule has 0 aliphatic carbocycles. The number of hydrogen-bond donors (Lipinski definition) is 1. The van der Waals surface area contributed by atoms with Crippen molar-refractivity contribution in [3.05, 3.63) is 78.1 Å². The monoisotopic (exact) mass is 313 g/mol. The molecule has 3 aromatic rings. The lowest BCUT2D eigenvalue weighted by atomic mass is 10.2. The highest BCUT2D eigenvalue weighted by atomic mass is 19.2. The van der Waals surface area contributed by atoms with Gasteiger partial charge in [-0.15, -0.1) is 0 Å². The summed E-state index contributed by atoms with van der Waals surface area (Å²) in [7, 11) is 0. The van der Waals surface area contributed by atoms with Crippen molar-refractivity contribution >= 4 is 11.6 Å². The fourth-order valence-corrected chi connectivity index (χ4v) is 2.14. The van der Waals surface area contributed by atoms with Gasteiger partial charge in [-0.3, -0.25) is 4.79 Å². The highest BCUT2D eigenvalue weighted by molar-refractivity contribution is 5.92. The van der Waals surface area contributed by atoms with Gasteiger partial charge in [-0.2, -0.15) is 5.10 Å². The largest absolute Gasteiger partial charge is 0.326 e. The van der Waals surface area contributed by atoms with Crippen LogP contribution in [-0.4, -0.2) is 15.7 Å². The first-order chi connectivity index (χ1) is 11.1. The molecular weight excluding hydrogens is 300 g/mol. The van der Waals surface area contributed by atoms with Crippen molar-refractivity contribution < 1.29 is 13.6 Å². The molecule has 0 saturated heterocycles. The second-order valence-electron chi connectivity index (χ2n) is 4.98. The van der Waals surface area contributed by atoms with Crippen molar-refractivity contribution in [3.63, 3.8) is 0 Å². The number of anilines is 1. The van der Waals surface area contributed by atoms with Crippen molar-refractivity contribution in [2.24, 2.45) is 0 Å². The van der Waals surface area contributed by atoms with E-state index in [4.69, 9.17) is 0 Å². The van der Waals surface area contributed by atoms with Gasteiger partial charge in [0, 0.05) is 18.0 Å². The van der Waals surface area contributed by atoms with Crippen LogP contribution in [0.1, 0.15) is 5.56 Å². The fraction of sp³-hybridized carbons (Fsp3) is 0.0588. The Bertz CT molecular complexity index is 831. The van der Waals surface area contributed by atoms with Crippen molar-refractivity contribution in [1.29, 1.82) is 0 Å². The minimum Gasteiger partial charge on any atom is -0.326 e. The third kappa shape index (κ3) is 3.60. The maximum absolute atomic E-state index is 13.1. The first kappa shape index (κ1) is 14.9. The van der Waals surface area contributed by atoms with E-state index >= 15 is 0 Å². The molecule has 1 aromatic heterocycles. The molecule has 0 saturated carbocycles. The summed E-state index contributed by atoms with van der Waals surface area (Å²) in [4.78, 5) is 12.0. The van der Waals surface area contributed by atoms with Gasteiger partial charge in [0.05, 0.1) is 18.3 Å². The minimum atomic E-state index is -1.00. The van der Waals surface area contributed by atoms with E-state index in [1.807, 2.05) is 30.3 Å². The predicted molar refractivity (Wildman–Crippen MR) is 82.3 cm³/mol. The number of rotatable bonds is 4. The zero-order valence-electron chi connectivity index (χ0n) is 12.0. The molecule has 1 N–H and O–H groups in total. The Morgan fingerprint density at radius 2 is 1.87 bits per heavy atom. The van der Waals surface area contributed by atoms with Crippen LogP contribution in [0.15, 0.2) is 60.9 Å². The maximum Gasteiger partial charge on any atom is 0.228 e. The maximum atomic E-state index is 13.1. The van der Waals surface area contributed by atoms with Crippen LogP contribution in [0.2, 0.25) is 0 Å². The fourth-order valence-electron chi connectivity index (χ4n) is 2.14. The number of benzene rings is 2. The van der Waals surface area contributed by atoms with Crippen LogP contribution in [0.5, 0.6) is 0 Å². The molecule has 0 spiro atoms. The Hall–Kier alpha value is -3.02. The average Bonchev–Trinajstić information content (AvgIpc) is 3.00. The van der Waals surface area contributed by atoms with Gasteiger partial charge in [-0.1, -0.05) is 18.2 Å². The molecular formula is C17H13F2N3O. The number of hydrogen-bond acceptors (Lipinski definition) is 2. The van der Waals surface area contributed by atoms with Crippen molar-refractivity contribution in [3.8, 4) is 5.69 Å². The number of para-hydroxylation sites is 1. The average molecular weight is 313 g/mol. The molecule has 0 radical (unpaired) electrons. The summed E-state index contributed by atoms with van der Waals surface area (Å²) in [6, 6.07) is 12.7. The Labute approximate surface area is 131 Å². The zero-order valence-corrected chi connectivity index (χ0v) is 12.0. The molecule has 4 nitrogen and oxygen atoms in total. The van der Waals surface area contributed by atoms with Gasteiger partial charge in [0.1, 0.15) is 0 Å². The van der Waals surface area contributed by atoms with Crippen LogP contribution in [0.25, 0.3) is 5.69 Å². The highest BCUT2D eigenvalue weighted by Gasteiger charge is 2.09. The molecule has 0 bridgehead atoms. The minimum absolute atomic E-state index is 0.0891. The van der Waals surface area contributed by atoms with Crippen molar-refractivity contribution in [2.75, 3.05) is 5.32 Å². The van der Waals surface area contributed by atoms with Crippen LogP contribution in [0.4, 0.5) is 14.5 Å². The second-order valence-corrected chi connectivity index (χ2v) is 4.98. The number of nitrogens with one attached hydrogen (secondary N) is 1. The van der Waals surface area contributed by atoms with Gasteiger partial charge in [0.25, 0.3) is 0 Å². The topological polar surface area (TPSA) is 46.9 Å². The quantitative estimate of drug-likeness (QED) is 0.803. The summed E-state index contributed by atoms with van der Waals surface area (Å²) in [6.45, 7) is 0. The molecule has 0 fully saturated rings. The highest BCUT2D eigenvalue weighted by Crippen LogP contribution is 2.14. The van der Waals surface area contributed by atoms with Gasteiger partial charge >= 0.3 is 0 Å². The zero-order chi connectivity index (χ0) is 16.2. The molecule has 0 aliphatic rings. The van der Waals surface area contributed by atoms with Crippen LogP contribution >= 0.6 is 0 Å². The van der Waals surface area contributed by atoms with E-state index in [-0.39, 0.29) is 18.0 Å². The lowest BCUT2D eigenvalue weighted by Crippen LogP contribution is -2.14. The van der Waals surface area contributed by atoms with E-state index in [1.54, 1.807) is 17.1 Å². The first-order valence-electron chi connectivity index (χ1n) is 6.96. The van der Waals surface area contributed by atoms with Gasteiger partial charge in [0.2, 0.25) is 5.91 Å². The Kier molecular flexibility index (Phi) is 4.14. The summed E-state index contributed by atoms with van der Waals surface area (Å²) in [5.74, 6) is -2.28. The molecule has 1 amide bonds. The normalized spacial score (nSPS) is 10.5. The standard InChI is InChI=1S/C17H13F2N3O/c18-15-7-6-13(9-16(15)19)21-17(23)8-12-10-20-22(11-12)14-4-2-1-3-5-14/h1-7,9-11H,8H2,(H,21,23). The number of halogens is 2. The molecule has 116 valence electrons. The molecule has 1 heterocycles. The van der Waals surface area contributed by atoms with Gasteiger partial charge in [0.15, 0.2) is 11.6 Å². The summed E-state index contributed by atoms with van der Waals surface area (Å²) in [5, 5.41) is 6.72. The van der Waals surface area contributed by atoms with E-state index < -0.39 is 11.6 Å². The van der Waals surface area contributed by atoms with E-state index in [0.717, 1.165) is 17.8 Å². The van der Waals surface area contributed by atoms with Gasteiger partial charge in [-0.05, 0) is 29.8 Å². The third-order valence-corrected chi connectivity index (χ3v) is 3.22. The lowest BCUT2D eigenvalue weighted by molar-refractivity contribution is -0.115. The number of aromatic nitrogens is 2. The van der Waals surface area contributed by atoms with E-state index in [9.17, 15) is 13.6 Å². The van der Waals surface area contributed by atoms with Crippen molar-refractivity contribution in [2.45, 2.75) is 6.42 Å². The number of carbonyl (C=O) groups is 1. The van der Waals surface area contributed by atoms with Crippen LogP contribution in [0, 0.1) is 11.6 Å². The van der Waals surface area contributed by atoms with Gasteiger partial charge in [-0.25, -0.2) is 13.5 Å². The Morgan fingerprint density at radius 3 is 2.61 bits per heavy atom. The Balaban J connectivity index is 1.66. The number of carbonyl (C=O) groups excluding carboxylic acids is 1. The molecule has 2 aromatic carbocycles. The molecule has 23 heavy (non-hydrogen) atoms. The molecule has 6 heteroatoms. The molecule has 0 aliphatic heterocycles. The van der Waals surface area contributed by atoms with E-state index in [2.05, 4.69) is 10.4 Å². The van der Waals surface area contributed by atoms with Crippen molar-refractivity contribution in [1.82, 2.24) is 9.78 Å². The third-order valence-electron chi connectivity index (χ3n) is 3.22.